The average Bonchev–Trinajstić information content (AvgIpc) is 1.67. The van der Waals surface area contributed by atoms with E-state index in [9.17, 15) is 81.3 Å². The molecule has 0 aliphatic carbocycles. The Balaban J connectivity index is 1.61. The number of H-pyrrole nitrogens is 1. The molecule has 23 N–H and O–H groups in total. The molecule has 99 heavy (non-hydrogen) atoms. The van der Waals surface area contributed by atoms with Gasteiger partial charge in [0, 0.05) is 79.8 Å². The van der Waals surface area contributed by atoms with Crippen LogP contribution in [0.2, 0.25) is 0 Å². The van der Waals surface area contributed by atoms with Gasteiger partial charge >= 0.3 is 5.97 Å². The van der Waals surface area contributed by atoms with E-state index in [0.717, 1.165) is 21.6 Å². The first-order valence-electron chi connectivity index (χ1n) is 31.5. The summed E-state index contributed by atoms with van der Waals surface area (Å²) in [4.78, 5) is 174. The molecule has 5 rings (SSSR count). The summed E-state index contributed by atoms with van der Waals surface area (Å²) in [5, 5.41) is 53.6. The lowest BCUT2D eigenvalue weighted by atomic mass is 10.00. The monoisotopic (exact) mass is 1440 g/mol. The van der Waals surface area contributed by atoms with Crippen molar-refractivity contribution < 1.29 is 81.3 Å². The first kappa shape index (κ1) is 80.0. The highest BCUT2D eigenvalue weighted by molar-refractivity contribution is 8.76. The Bertz CT molecular complexity index is 3650. The van der Waals surface area contributed by atoms with Gasteiger partial charge in [0.25, 0.3) is 10.2 Å². The van der Waals surface area contributed by atoms with Gasteiger partial charge in [-0.1, -0.05) is 77.9 Å². The van der Waals surface area contributed by atoms with Crippen LogP contribution in [0.15, 0.2) is 84.0 Å². The average molecular weight is 1440 g/mol. The summed E-state index contributed by atoms with van der Waals surface area (Å²) in [5.41, 5.74) is 24.2. The van der Waals surface area contributed by atoms with Crippen LogP contribution in [0.25, 0.3) is 10.9 Å². The smallest absolute Gasteiger partial charge is 0.303 e. The van der Waals surface area contributed by atoms with Gasteiger partial charge in [-0.3, -0.25) is 62.5 Å². The number of phenolic OH excluding ortho intramolecular Hbond substituents is 2. The number of nitrogens with two attached hydrogens (primary N) is 4. The molecule has 1 aliphatic rings. The number of carboxylic acid groups (broad SMARTS) is 1. The Morgan fingerprint density at radius 2 is 1.18 bits per heavy atom. The number of carbonyl (C=O) groups excluding carboxylic acids is 11. The summed E-state index contributed by atoms with van der Waals surface area (Å²) < 4.78 is 31.4. The zero-order valence-corrected chi connectivity index (χ0v) is 57.2. The minimum Gasteiger partial charge on any atom is -0.508 e. The fraction of sp³-hybridized carbons (Fsp3) is 0.468. The first-order valence-corrected chi connectivity index (χ1v) is 35.4. The van der Waals surface area contributed by atoms with Crippen LogP contribution < -0.4 is 80.2 Å². The van der Waals surface area contributed by atoms with Gasteiger partial charge in [0.05, 0.1) is 0 Å². The number of carboxylic acids is 1. The molecule has 1 aliphatic heterocycles. The van der Waals surface area contributed by atoms with E-state index in [2.05, 4.69) is 67.3 Å². The molecule has 1 fully saturated rings. The molecule has 34 nitrogen and oxygen atoms in total. The van der Waals surface area contributed by atoms with Crippen molar-refractivity contribution in [2.75, 3.05) is 24.6 Å². The van der Waals surface area contributed by atoms with E-state index in [-0.39, 0.29) is 56.1 Å². The maximum atomic E-state index is 14.8. The number of aliphatic carboxylic acids is 1. The largest absolute Gasteiger partial charge is 0.508 e. The summed E-state index contributed by atoms with van der Waals surface area (Å²) in [6, 6.07) is 2.81. The number of para-hydroxylation sites is 1. The summed E-state index contributed by atoms with van der Waals surface area (Å²) >= 11 is 0. The fourth-order valence-electron chi connectivity index (χ4n) is 9.97. The number of rotatable bonds is 24. The Hall–Kier alpha value is -9.72. The lowest BCUT2D eigenvalue weighted by Crippen LogP contribution is -2.61. The third kappa shape index (κ3) is 27.6. The lowest BCUT2D eigenvalue weighted by molar-refractivity contribution is -0.138. The number of carbonyl (C=O) groups is 12. The number of primary amides is 2. The summed E-state index contributed by atoms with van der Waals surface area (Å²) in [6.07, 6.45) is -2.16. The van der Waals surface area contributed by atoms with Crippen LogP contribution in [0.4, 0.5) is 0 Å². The van der Waals surface area contributed by atoms with Crippen LogP contribution in [0, 0.1) is 5.92 Å². The number of aromatic nitrogens is 1. The van der Waals surface area contributed by atoms with E-state index in [0.29, 0.717) is 27.6 Å². The second-order valence-corrected chi connectivity index (χ2v) is 27.9. The Kier molecular flexibility index (Phi) is 31.5. The molecule has 1 saturated heterocycles. The van der Waals surface area contributed by atoms with Crippen LogP contribution in [0.5, 0.6) is 11.5 Å². The number of phenols is 2. The highest BCUT2D eigenvalue weighted by Gasteiger charge is 2.37. The normalized spacial score (nSPS) is 21.4. The number of guanidine groups is 1. The van der Waals surface area contributed by atoms with Gasteiger partial charge in [-0.2, -0.15) is 17.9 Å². The molecule has 0 saturated carbocycles. The maximum Gasteiger partial charge on any atom is 0.303 e. The van der Waals surface area contributed by atoms with Crippen molar-refractivity contribution in [2.45, 2.75) is 152 Å². The second kappa shape index (κ2) is 39.0. The zero-order chi connectivity index (χ0) is 73.1. The Labute approximate surface area is 578 Å². The summed E-state index contributed by atoms with van der Waals surface area (Å²) in [5.74, 6) is -14.6. The fourth-order valence-corrected chi connectivity index (χ4v) is 13.6. The lowest BCUT2D eigenvalue weighted by Gasteiger charge is -2.29. The van der Waals surface area contributed by atoms with E-state index in [4.69, 9.17) is 22.9 Å². The third-order valence-corrected chi connectivity index (χ3v) is 18.9. The molecule has 9 atom stereocenters. The Morgan fingerprint density at radius 1 is 0.626 bits per heavy atom. The number of amides is 11. The standard InChI is InChI=1S/C62H87N17O17S3/c1-32(2)52-61(94)74-44(26-34-11-15-37(80)16-12-34)57(90)71-41(10-7-24-68-62(65)66)54(87)67-25-23-50(83)70-42(19-21-49(63)82)55(88)73-45(28-36-29-69-40-9-6-5-8-39(36)40)58(91)72-43(20-22-51(84)85)56(89)75-47(53(64)86)30-97-98-31-48(60(93)77-52)76-59(92)46(79-99(95,96)78-33(3)4)27-35-13-17-38(81)18-14-35/h5-6,8-9,11-18,29,32-33,41-48,52,69,78-81H,7,10,19-28,30-31H2,1-4H3,(H2,63,82)(H2,64,86)(H,67,87)(H,70,83)(H,71,90)(H,72,91)(H,73,88)(H,74,94)(H,75,89)(H,76,92)(H,77,93)(H,84,85)(H4,65,66,68)/t41-,42-,43-,44-,45-,46-,47+,48-,52-/m0/s1. The predicted molar refractivity (Wildman–Crippen MR) is 367 cm³/mol. The van der Waals surface area contributed by atoms with Crippen molar-refractivity contribution in [3.05, 3.63) is 95.7 Å². The number of aromatic amines is 1. The highest BCUT2D eigenvalue weighted by atomic mass is 33.1. The molecular formula is C62H87N17O17S3. The van der Waals surface area contributed by atoms with Gasteiger partial charge in [0.2, 0.25) is 65.0 Å². The summed E-state index contributed by atoms with van der Waals surface area (Å²) in [7, 11) is -2.82. The third-order valence-electron chi connectivity index (χ3n) is 15.1. The molecule has 2 heterocycles. The molecule has 0 bridgehead atoms. The van der Waals surface area contributed by atoms with Crippen molar-refractivity contribution in [3.8, 4) is 11.5 Å². The minimum absolute atomic E-state index is 0.0237. The number of aromatic hydroxyl groups is 2. The SMILES string of the molecule is CC(C)NS(=O)(=O)N[C@@H](Cc1ccc(O)cc1)C(=O)N[C@H]1CSSC[C@H](C(N)=O)NC(=O)[C@H](CCC(=O)O)NC(=O)[C@H](Cc2c[nH]c3ccccc23)NC(=O)[C@H](CCC(N)=O)NC(=O)CCNC(=O)[C@H](CCCN=C(N)N)NC(=O)[C@H](Cc2ccc(O)cc2)NC(=O)[C@H](C(C)C)NC1=O. The van der Waals surface area contributed by atoms with Gasteiger partial charge in [-0.25, -0.2) is 0 Å². The van der Waals surface area contributed by atoms with Crippen molar-refractivity contribution in [3.63, 3.8) is 0 Å². The quantitative estimate of drug-likeness (QED) is 0.0143. The molecule has 0 radical (unpaired) electrons. The van der Waals surface area contributed by atoms with Crippen molar-refractivity contribution in [1.82, 2.24) is 62.3 Å². The topological polar surface area (TPSA) is 564 Å². The number of benzene rings is 3. The second-order valence-electron chi connectivity index (χ2n) is 23.9. The van der Waals surface area contributed by atoms with Crippen LogP contribution >= 0.6 is 21.6 Å². The van der Waals surface area contributed by atoms with E-state index in [1.165, 1.54) is 62.4 Å². The van der Waals surface area contributed by atoms with Gasteiger partial charge < -0.3 is 91.1 Å². The number of aliphatic imine (C=N–C) groups is 1. The van der Waals surface area contributed by atoms with E-state index >= 15 is 0 Å². The number of hydrogen-bond donors (Lipinski definition) is 19. The molecule has 37 heteroatoms. The van der Waals surface area contributed by atoms with Crippen molar-refractivity contribution in [2.24, 2.45) is 33.8 Å². The number of nitrogens with one attached hydrogen (secondary N) is 12. The molecule has 0 spiro atoms. The predicted octanol–water partition coefficient (Wildman–Crippen LogP) is -3.09. The number of fused-ring (bicyclic) bond motifs is 1. The van der Waals surface area contributed by atoms with Crippen molar-refractivity contribution in [1.29, 1.82) is 0 Å². The van der Waals surface area contributed by atoms with Gasteiger partial charge in [0.15, 0.2) is 5.96 Å². The minimum atomic E-state index is -4.46. The molecular weight excluding hydrogens is 1350 g/mol. The van der Waals surface area contributed by atoms with Crippen LogP contribution in [-0.2, 0) is 87.0 Å². The summed E-state index contributed by atoms with van der Waals surface area (Å²) in [6.45, 7) is 5.67. The van der Waals surface area contributed by atoms with Crippen LogP contribution in [-0.4, -0.2) is 191 Å². The molecule has 1 aromatic heterocycles. The number of nitrogens with zero attached hydrogens (tertiary/aromatic N) is 1. The molecule has 11 amide bonds. The Morgan fingerprint density at radius 3 is 1.79 bits per heavy atom. The van der Waals surface area contributed by atoms with E-state index < -0.39 is 198 Å². The van der Waals surface area contributed by atoms with Crippen molar-refractivity contribution >= 4 is 120 Å². The molecule has 0 unspecified atom stereocenters. The molecule has 540 valence electrons. The van der Waals surface area contributed by atoms with Gasteiger partial charge in [-0.15, -0.1) is 0 Å². The number of hydrogen-bond acceptors (Lipinski definition) is 19. The van der Waals surface area contributed by atoms with Gasteiger partial charge in [0.1, 0.15) is 65.9 Å². The van der Waals surface area contributed by atoms with E-state index in [1.807, 2.05) is 0 Å². The first-order chi connectivity index (χ1) is 46.8. The maximum absolute atomic E-state index is 14.8. The van der Waals surface area contributed by atoms with Crippen LogP contribution in [0.1, 0.15) is 89.3 Å². The van der Waals surface area contributed by atoms with E-state index in [1.54, 1.807) is 44.3 Å². The molecule has 4 aromatic rings. The van der Waals surface area contributed by atoms with Gasteiger partial charge in [-0.05, 0) is 98.9 Å². The zero-order valence-electron chi connectivity index (χ0n) is 54.8. The highest BCUT2D eigenvalue weighted by Crippen LogP contribution is 2.25. The molecule has 3 aromatic carbocycles. The van der Waals surface area contributed by atoms with Crippen LogP contribution in [0.3, 0.4) is 0 Å².